The van der Waals surface area contributed by atoms with Crippen LogP contribution in [0.3, 0.4) is 0 Å². The monoisotopic (exact) mass is 354 g/mol. The molecular formula is C19H30O4S. The van der Waals surface area contributed by atoms with Gasteiger partial charge in [-0.15, -0.1) is 0 Å². The molecule has 0 aliphatic rings. The Labute approximate surface area is 149 Å². The predicted molar refractivity (Wildman–Crippen MR) is 100 cm³/mol. The number of hydrogen-bond donors (Lipinski definition) is 2. The van der Waals surface area contributed by atoms with Crippen molar-refractivity contribution in [2.24, 2.45) is 0 Å². The van der Waals surface area contributed by atoms with Gasteiger partial charge in [-0.3, -0.25) is 0 Å². The number of hydrogen-bond acceptors (Lipinski definition) is 5. The van der Waals surface area contributed by atoms with Gasteiger partial charge in [0.05, 0.1) is 12.2 Å². The summed E-state index contributed by atoms with van der Waals surface area (Å²) in [6.07, 6.45) is 1.51. The fourth-order valence-electron chi connectivity index (χ4n) is 2.41. The van der Waals surface area contributed by atoms with Gasteiger partial charge in [0.2, 0.25) is 0 Å². The average Bonchev–Trinajstić information content (AvgIpc) is 2.44. The molecule has 0 atom stereocenters. The molecule has 0 spiro atoms. The molecule has 0 radical (unpaired) electrons. The van der Waals surface area contributed by atoms with Crippen LogP contribution in [0.4, 0.5) is 0 Å². The molecule has 136 valence electrons. The Bertz CT molecular complexity index is 533. The van der Waals surface area contributed by atoms with E-state index in [1.807, 2.05) is 41.5 Å². The van der Waals surface area contributed by atoms with E-state index in [9.17, 15) is 9.90 Å². The van der Waals surface area contributed by atoms with Gasteiger partial charge in [0, 0.05) is 16.9 Å². The van der Waals surface area contributed by atoms with Crippen LogP contribution in [0, 0.1) is 0 Å². The van der Waals surface area contributed by atoms with E-state index in [2.05, 4.69) is 0 Å². The van der Waals surface area contributed by atoms with Crippen LogP contribution in [0.25, 0.3) is 0 Å². The summed E-state index contributed by atoms with van der Waals surface area (Å²) in [6, 6.07) is 3.47. The zero-order chi connectivity index (χ0) is 18.5. The van der Waals surface area contributed by atoms with E-state index in [1.54, 1.807) is 12.1 Å². The second-order valence-electron chi connectivity index (χ2n) is 8.10. The molecule has 0 aliphatic carbocycles. The zero-order valence-corrected chi connectivity index (χ0v) is 16.4. The van der Waals surface area contributed by atoms with E-state index in [-0.39, 0.29) is 22.5 Å². The first-order chi connectivity index (χ1) is 11.0. The van der Waals surface area contributed by atoms with Gasteiger partial charge in [-0.2, -0.15) is 0 Å². The standard InChI is InChI=1S/C19H30O4S/c1-18(2,3)14-11-13(12-15(16(14)20)19(4,5)6)17(21)23-9-7-8-10-24-22/h11-12,20,22H,7-10H2,1-6H3. The van der Waals surface area contributed by atoms with E-state index in [0.717, 1.165) is 36.0 Å². The summed E-state index contributed by atoms with van der Waals surface area (Å²) < 4.78 is 14.0. The molecule has 0 saturated carbocycles. The minimum absolute atomic E-state index is 0.256. The fourth-order valence-corrected chi connectivity index (χ4v) is 2.75. The number of aromatic hydroxyl groups is 1. The number of esters is 1. The Kier molecular flexibility index (Phi) is 7.17. The quantitative estimate of drug-likeness (QED) is 0.421. The molecule has 2 N–H and O–H groups in total. The molecular weight excluding hydrogens is 324 g/mol. The van der Waals surface area contributed by atoms with Crippen molar-refractivity contribution in [2.45, 2.75) is 65.2 Å². The summed E-state index contributed by atoms with van der Waals surface area (Å²) in [6.45, 7) is 12.4. The highest BCUT2D eigenvalue weighted by Crippen LogP contribution is 2.39. The molecule has 4 nitrogen and oxygen atoms in total. The van der Waals surface area contributed by atoms with Crippen LogP contribution in [0.1, 0.15) is 75.9 Å². The third-order valence-corrected chi connectivity index (χ3v) is 4.30. The Balaban J connectivity index is 3.08. The van der Waals surface area contributed by atoms with E-state index >= 15 is 0 Å². The summed E-state index contributed by atoms with van der Waals surface area (Å²) in [5.41, 5.74) is 1.41. The van der Waals surface area contributed by atoms with Crippen LogP contribution >= 0.6 is 12.0 Å². The topological polar surface area (TPSA) is 66.8 Å². The number of carbonyl (C=O) groups excluding carboxylic acids is 1. The van der Waals surface area contributed by atoms with Gasteiger partial charge in [-0.05, 0) is 47.8 Å². The summed E-state index contributed by atoms with van der Waals surface area (Å²) in [7, 11) is 0. The molecule has 0 heterocycles. The predicted octanol–water partition coefficient (Wildman–Crippen LogP) is 5.13. The highest BCUT2D eigenvalue weighted by Gasteiger charge is 2.28. The highest BCUT2D eigenvalue weighted by molar-refractivity contribution is 7.93. The second kappa shape index (κ2) is 8.26. The minimum atomic E-state index is -0.373. The van der Waals surface area contributed by atoms with Gasteiger partial charge >= 0.3 is 5.97 Å². The number of ether oxygens (including phenoxy) is 1. The van der Waals surface area contributed by atoms with Crippen LogP contribution < -0.4 is 0 Å². The Morgan fingerprint density at radius 2 is 1.54 bits per heavy atom. The molecule has 0 fully saturated rings. The number of rotatable bonds is 6. The smallest absolute Gasteiger partial charge is 0.338 e. The second-order valence-corrected chi connectivity index (χ2v) is 8.76. The first-order valence-electron chi connectivity index (χ1n) is 8.30. The van der Waals surface area contributed by atoms with Crippen LogP contribution in [-0.4, -0.2) is 28.0 Å². The van der Waals surface area contributed by atoms with E-state index in [0.29, 0.717) is 17.9 Å². The lowest BCUT2D eigenvalue weighted by molar-refractivity contribution is 0.0499. The lowest BCUT2D eigenvalue weighted by Crippen LogP contribution is -2.19. The van der Waals surface area contributed by atoms with E-state index in [4.69, 9.17) is 9.29 Å². The Morgan fingerprint density at radius 1 is 1.04 bits per heavy atom. The lowest BCUT2D eigenvalue weighted by atomic mass is 9.78. The van der Waals surface area contributed by atoms with Crippen molar-refractivity contribution in [3.63, 3.8) is 0 Å². The largest absolute Gasteiger partial charge is 0.507 e. The minimum Gasteiger partial charge on any atom is -0.507 e. The van der Waals surface area contributed by atoms with Crippen molar-refractivity contribution < 1.29 is 19.2 Å². The van der Waals surface area contributed by atoms with Gasteiger partial charge in [0.25, 0.3) is 0 Å². The summed E-state index contributed by atoms with van der Waals surface area (Å²) in [5.74, 6) is 0.521. The third kappa shape index (κ3) is 5.71. The zero-order valence-electron chi connectivity index (χ0n) is 15.6. The average molecular weight is 355 g/mol. The molecule has 0 aliphatic heterocycles. The van der Waals surface area contributed by atoms with Gasteiger partial charge in [-0.25, -0.2) is 4.79 Å². The van der Waals surface area contributed by atoms with Crippen molar-refractivity contribution in [1.82, 2.24) is 0 Å². The van der Waals surface area contributed by atoms with Crippen LogP contribution in [0.5, 0.6) is 5.75 Å². The van der Waals surface area contributed by atoms with Crippen molar-refractivity contribution in [3.8, 4) is 5.75 Å². The third-order valence-electron chi connectivity index (χ3n) is 3.82. The van der Waals surface area contributed by atoms with Crippen LogP contribution in [0.2, 0.25) is 0 Å². The molecule has 0 saturated heterocycles. The number of phenolic OH excluding ortho intramolecular Hbond substituents is 1. The lowest BCUT2D eigenvalue weighted by Gasteiger charge is -2.28. The molecule has 5 heteroatoms. The first kappa shape index (κ1) is 20.8. The summed E-state index contributed by atoms with van der Waals surface area (Å²) >= 11 is 0.800. The van der Waals surface area contributed by atoms with Crippen LogP contribution in [-0.2, 0) is 15.6 Å². The van der Waals surface area contributed by atoms with Gasteiger partial charge < -0.3 is 14.4 Å². The molecule has 24 heavy (non-hydrogen) atoms. The number of benzene rings is 1. The van der Waals surface area contributed by atoms with Gasteiger partial charge in [0.1, 0.15) is 5.75 Å². The molecule has 0 unspecified atom stereocenters. The van der Waals surface area contributed by atoms with Gasteiger partial charge in [0.15, 0.2) is 0 Å². The number of unbranched alkanes of at least 4 members (excludes halogenated alkanes) is 1. The SMILES string of the molecule is CC(C)(C)c1cc(C(=O)OCCCCSO)cc(C(C)(C)C)c1O. The van der Waals surface area contributed by atoms with Crippen LogP contribution in [0.15, 0.2) is 12.1 Å². The Morgan fingerprint density at radius 3 is 1.96 bits per heavy atom. The molecule has 0 aromatic heterocycles. The van der Waals surface area contributed by atoms with E-state index < -0.39 is 0 Å². The first-order valence-corrected chi connectivity index (χ1v) is 9.24. The molecule has 1 rings (SSSR count). The molecule has 0 amide bonds. The van der Waals surface area contributed by atoms with Gasteiger partial charge in [-0.1, -0.05) is 41.5 Å². The molecule has 1 aromatic carbocycles. The fraction of sp³-hybridized carbons (Fsp3) is 0.632. The highest BCUT2D eigenvalue weighted by atomic mass is 32.2. The maximum Gasteiger partial charge on any atom is 0.338 e. The van der Waals surface area contributed by atoms with Crippen molar-refractivity contribution in [2.75, 3.05) is 12.4 Å². The van der Waals surface area contributed by atoms with Crippen molar-refractivity contribution in [3.05, 3.63) is 28.8 Å². The van der Waals surface area contributed by atoms with Crippen molar-refractivity contribution >= 4 is 18.0 Å². The molecule has 0 bridgehead atoms. The number of carbonyl (C=O) groups is 1. The summed E-state index contributed by atoms with van der Waals surface area (Å²) in [5, 5.41) is 10.7. The molecule has 1 aromatic rings. The maximum absolute atomic E-state index is 12.4. The normalized spacial score (nSPS) is 12.3. The number of phenols is 1. The summed E-state index contributed by atoms with van der Waals surface area (Å²) in [4.78, 5) is 12.4. The van der Waals surface area contributed by atoms with Crippen molar-refractivity contribution in [1.29, 1.82) is 0 Å². The Hall–Kier alpha value is -1.20. The van der Waals surface area contributed by atoms with E-state index in [1.165, 1.54) is 0 Å². The maximum atomic E-state index is 12.4.